The van der Waals surface area contributed by atoms with Gasteiger partial charge in [0.25, 0.3) is 0 Å². The first-order valence-electron chi connectivity index (χ1n) is 11.0. The summed E-state index contributed by atoms with van der Waals surface area (Å²) in [7, 11) is 6.59. The second-order valence-corrected chi connectivity index (χ2v) is 9.38. The lowest BCUT2D eigenvalue weighted by molar-refractivity contribution is 0.143. The Kier molecular flexibility index (Phi) is 9.22. The third-order valence-electron chi connectivity index (χ3n) is 5.61. The number of methoxy groups -OCH3 is 3. The summed E-state index contributed by atoms with van der Waals surface area (Å²) < 4.78 is 18.8. The summed E-state index contributed by atoms with van der Waals surface area (Å²) in [5, 5.41) is 8.52. The van der Waals surface area contributed by atoms with E-state index in [1.165, 1.54) is 0 Å². The molecule has 34 heavy (non-hydrogen) atoms. The molecule has 1 saturated heterocycles. The normalized spacial score (nSPS) is 13.6. The number of thioether (sulfide) groups is 1. The van der Waals surface area contributed by atoms with Gasteiger partial charge in [0.2, 0.25) is 5.75 Å². The van der Waals surface area contributed by atoms with Crippen molar-refractivity contribution in [2.75, 3.05) is 61.1 Å². The topological polar surface area (TPSA) is 85.2 Å². The highest BCUT2D eigenvalue weighted by Crippen LogP contribution is 2.38. The molecule has 0 bridgehead atoms. The van der Waals surface area contributed by atoms with Gasteiger partial charge in [0.05, 0.1) is 33.6 Å². The van der Waals surface area contributed by atoms with Crippen LogP contribution in [0.4, 0.5) is 4.79 Å². The van der Waals surface area contributed by atoms with Gasteiger partial charge in [-0.3, -0.25) is 0 Å². The standard InChI is InChI=1S/C22H32N6O4S2/c1-6-25(2)21(29)26-7-9-27(10-8-26)22(33)34-15-17-14-28(24-23-17)13-16-11-18(30-3)20(32-5)19(12-16)31-4/h11-12,14H,6-10,13,15H2,1-5H3. The molecule has 0 unspecified atom stereocenters. The van der Waals surface area contributed by atoms with E-state index in [0.29, 0.717) is 49.2 Å². The number of aromatic nitrogens is 3. The predicted molar refractivity (Wildman–Crippen MR) is 136 cm³/mol. The quantitative estimate of drug-likeness (QED) is 0.500. The van der Waals surface area contributed by atoms with Crippen molar-refractivity contribution in [1.29, 1.82) is 0 Å². The fraction of sp³-hybridized carbons (Fsp3) is 0.545. The van der Waals surface area contributed by atoms with E-state index in [9.17, 15) is 4.79 Å². The number of hydrogen-bond acceptors (Lipinski definition) is 8. The van der Waals surface area contributed by atoms with E-state index in [1.54, 1.807) is 42.7 Å². The molecule has 3 rings (SSSR count). The zero-order chi connectivity index (χ0) is 24.7. The smallest absolute Gasteiger partial charge is 0.319 e. The Bertz CT molecular complexity index is 969. The van der Waals surface area contributed by atoms with Gasteiger partial charge < -0.3 is 28.9 Å². The van der Waals surface area contributed by atoms with E-state index in [2.05, 4.69) is 15.2 Å². The Balaban J connectivity index is 1.52. The number of carbonyl (C=O) groups excluding carboxylic acids is 1. The number of carbonyl (C=O) groups is 1. The summed E-state index contributed by atoms with van der Waals surface area (Å²) >= 11 is 7.19. The first kappa shape index (κ1) is 25.9. The van der Waals surface area contributed by atoms with Gasteiger partial charge in [-0.2, -0.15) is 0 Å². The molecule has 0 saturated carbocycles. The summed E-state index contributed by atoms with van der Waals surface area (Å²) in [6.07, 6.45) is 1.91. The minimum Gasteiger partial charge on any atom is -0.493 e. The van der Waals surface area contributed by atoms with E-state index < -0.39 is 0 Å². The SMILES string of the molecule is CCN(C)C(=O)N1CCN(C(=S)SCc2cn(Cc3cc(OC)c(OC)c(OC)c3)nn2)CC1. The molecule has 2 heterocycles. The largest absolute Gasteiger partial charge is 0.493 e. The molecule has 0 radical (unpaired) electrons. The average molecular weight is 509 g/mol. The van der Waals surface area contributed by atoms with Crippen LogP contribution >= 0.6 is 24.0 Å². The molecule has 12 heteroatoms. The summed E-state index contributed by atoms with van der Waals surface area (Å²) in [6.45, 7) is 6.02. The Morgan fingerprint density at radius 1 is 1.09 bits per heavy atom. The lowest BCUT2D eigenvalue weighted by Gasteiger charge is -2.37. The van der Waals surface area contributed by atoms with Gasteiger partial charge in [0.1, 0.15) is 4.32 Å². The van der Waals surface area contributed by atoms with Crippen molar-refractivity contribution >= 4 is 34.3 Å². The molecule has 186 valence electrons. The molecule has 0 N–H and O–H groups in total. The average Bonchev–Trinajstić information content (AvgIpc) is 3.32. The maximum Gasteiger partial charge on any atom is 0.319 e. The van der Waals surface area contributed by atoms with Gasteiger partial charge in [-0.1, -0.05) is 29.2 Å². The number of thiocarbonyl (C=S) groups is 1. The molecule has 0 aliphatic carbocycles. The molecule has 10 nitrogen and oxygen atoms in total. The molecule has 2 amide bonds. The molecule has 1 aromatic carbocycles. The number of ether oxygens (including phenoxy) is 3. The van der Waals surface area contributed by atoms with E-state index in [-0.39, 0.29) is 6.03 Å². The molecule has 2 aromatic rings. The maximum absolute atomic E-state index is 12.3. The number of piperazine rings is 1. The first-order valence-corrected chi connectivity index (χ1v) is 12.4. The highest BCUT2D eigenvalue weighted by molar-refractivity contribution is 8.22. The summed E-state index contributed by atoms with van der Waals surface area (Å²) in [4.78, 5) is 18.1. The summed E-state index contributed by atoms with van der Waals surface area (Å²) in [5.74, 6) is 2.38. The van der Waals surface area contributed by atoms with Crippen LogP contribution in [-0.4, -0.2) is 101 Å². The monoisotopic (exact) mass is 508 g/mol. The molecule has 0 atom stereocenters. The minimum absolute atomic E-state index is 0.0736. The van der Waals surface area contributed by atoms with Gasteiger partial charge in [-0.05, 0) is 24.6 Å². The molecular weight excluding hydrogens is 476 g/mol. The highest BCUT2D eigenvalue weighted by Gasteiger charge is 2.24. The molecular formula is C22H32N6O4S2. The molecule has 1 aliphatic heterocycles. The Morgan fingerprint density at radius 2 is 1.71 bits per heavy atom. The Labute approximate surface area is 210 Å². The van der Waals surface area contributed by atoms with Crippen molar-refractivity contribution in [3.63, 3.8) is 0 Å². The zero-order valence-electron chi connectivity index (χ0n) is 20.3. The lowest BCUT2D eigenvalue weighted by Crippen LogP contribution is -2.52. The van der Waals surface area contributed by atoms with Crippen LogP contribution < -0.4 is 14.2 Å². The van der Waals surface area contributed by atoms with Crippen LogP contribution in [0, 0.1) is 0 Å². The van der Waals surface area contributed by atoms with Crippen LogP contribution in [0.5, 0.6) is 17.2 Å². The van der Waals surface area contributed by atoms with Crippen LogP contribution in [0.3, 0.4) is 0 Å². The van der Waals surface area contributed by atoms with Gasteiger partial charge in [0.15, 0.2) is 11.5 Å². The summed E-state index contributed by atoms with van der Waals surface area (Å²) in [5.41, 5.74) is 1.80. The fourth-order valence-corrected chi connectivity index (χ4v) is 4.71. The molecule has 1 aliphatic rings. The van der Waals surface area contributed by atoms with Crippen molar-refractivity contribution in [3.05, 3.63) is 29.6 Å². The number of nitrogens with zero attached hydrogens (tertiary/aromatic N) is 6. The van der Waals surface area contributed by atoms with Crippen LogP contribution in [0.1, 0.15) is 18.2 Å². The number of benzene rings is 1. The van der Waals surface area contributed by atoms with E-state index in [0.717, 1.165) is 28.7 Å². The number of rotatable bonds is 8. The van der Waals surface area contributed by atoms with Crippen LogP contribution in [0.2, 0.25) is 0 Å². The zero-order valence-corrected chi connectivity index (χ0v) is 21.9. The van der Waals surface area contributed by atoms with Gasteiger partial charge in [-0.15, -0.1) is 5.10 Å². The number of hydrogen-bond donors (Lipinski definition) is 0. The highest BCUT2D eigenvalue weighted by atomic mass is 32.2. The van der Waals surface area contributed by atoms with Gasteiger partial charge in [-0.25, -0.2) is 9.48 Å². The Hall–Kier alpha value is -2.73. The molecule has 0 spiro atoms. The van der Waals surface area contributed by atoms with E-state index in [4.69, 9.17) is 26.4 Å². The van der Waals surface area contributed by atoms with Crippen molar-refractivity contribution < 1.29 is 19.0 Å². The van der Waals surface area contributed by atoms with Crippen molar-refractivity contribution in [2.45, 2.75) is 19.2 Å². The second-order valence-electron chi connectivity index (χ2n) is 7.77. The Morgan fingerprint density at radius 3 is 2.26 bits per heavy atom. The second kappa shape index (κ2) is 12.1. The van der Waals surface area contributed by atoms with Gasteiger partial charge >= 0.3 is 6.03 Å². The molecule has 1 fully saturated rings. The maximum atomic E-state index is 12.3. The summed E-state index contributed by atoms with van der Waals surface area (Å²) in [6, 6.07) is 3.87. The predicted octanol–water partition coefficient (Wildman–Crippen LogP) is 2.56. The minimum atomic E-state index is 0.0736. The van der Waals surface area contributed by atoms with E-state index >= 15 is 0 Å². The fourth-order valence-electron chi connectivity index (χ4n) is 3.58. The van der Waals surface area contributed by atoms with E-state index in [1.807, 2.05) is 37.2 Å². The van der Waals surface area contributed by atoms with Crippen molar-refractivity contribution in [1.82, 2.24) is 29.7 Å². The van der Waals surface area contributed by atoms with Crippen LogP contribution in [0.25, 0.3) is 0 Å². The third-order valence-corrected chi connectivity index (χ3v) is 7.16. The van der Waals surface area contributed by atoms with Crippen LogP contribution in [0.15, 0.2) is 18.3 Å². The number of urea groups is 1. The lowest BCUT2D eigenvalue weighted by atomic mass is 10.2. The van der Waals surface area contributed by atoms with Crippen LogP contribution in [-0.2, 0) is 12.3 Å². The van der Waals surface area contributed by atoms with Gasteiger partial charge in [0, 0.05) is 51.7 Å². The van der Waals surface area contributed by atoms with Crippen molar-refractivity contribution in [3.8, 4) is 17.2 Å². The first-order chi connectivity index (χ1) is 16.4. The molecule has 1 aromatic heterocycles. The van der Waals surface area contributed by atoms with Crippen molar-refractivity contribution in [2.24, 2.45) is 0 Å². The third kappa shape index (κ3) is 6.23. The number of amides is 2.